The second kappa shape index (κ2) is 8.12. The molecule has 1 amide bonds. The first kappa shape index (κ1) is 21.6. The molecule has 0 atom stereocenters. The van der Waals surface area contributed by atoms with Crippen LogP contribution in [0.5, 0.6) is 5.88 Å². The number of ether oxygens (including phenoxy) is 1. The molecule has 9 heteroatoms. The van der Waals surface area contributed by atoms with Crippen LogP contribution < -0.4 is 14.4 Å². The minimum Gasteiger partial charge on any atom is -0.474 e. The van der Waals surface area contributed by atoms with Crippen LogP contribution in [0.2, 0.25) is 0 Å². The van der Waals surface area contributed by atoms with Crippen molar-refractivity contribution in [1.82, 2.24) is 14.6 Å². The summed E-state index contributed by atoms with van der Waals surface area (Å²) < 4.78 is 35.5. The number of rotatable bonds is 5. The van der Waals surface area contributed by atoms with E-state index in [0.29, 0.717) is 30.8 Å². The predicted molar refractivity (Wildman–Crippen MR) is 118 cm³/mol. The number of nitrogens with one attached hydrogen (secondary N) is 1. The van der Waals surface area contributed by atoms with Gasteiger partial charge in [0.1, 0.15) is 12.3 Å². The Balaban J connectivity index is 1.63. The molecule has 2 aromatic rings. The minimum absolute atomic E-state index is 0.167. The number of nitrogens with zero attached hydrogens (tertiary/aromatic N) is 3. The van der Waals surface area contributed by atoms with E-state index < -0.39 is 10.2 Å². The van der Waals surface area contributed by atoms with Crippen molar-refractivity contribution in [2.24, 2.45) is 0 Å². The molecular weight excluding hydrogens is 416 g/mol. The number of benzene rings is 1. The number of pyridine rings is 1. The van der Waals surface area contributed by atoms with Crippen molar-refractivity contribution in [1.29, 1.82) is 0 Å². The van der Waals surface area contributed by atoms with E-state index in [-0.39, 0.29) is 30.5 Å². The molecule has 8 nitrogen and oxygen atoms in total. The lowest BCUT2D eigenvalue weighted by Gasteiger charge is -2.36. The normalized spacial score (nSPS) is 16.8. The van der Waals surface area contributed by atoms with Crippen LogP contribution >= 0.6 is 0 Å². The van der Waals surface area contributed by atoms with Crippen molar-refractivity contribution < 1.29 is 17.9 Å². The highest BCUT2D eigenvalue weighted by atomic mass is 32.2. The van der Waals surface area contributed by atoms with Gasteiger partial charge in [-0.1, -0.05) is 31.2 Å². The highest BCUT2D eigenvalue weighted by Gasteiger charge is 2.36. The van der Waals surface area contributed by atoms with E-state index in [9.17, 15) is 13.2 Å². The summed E-state index contributed by atoms with van der Waals surface area (Å²) in [7, 11) is -3.81. The lowest BCUT2D eigenvalue weighted by atomic mass is 10.0. The van der Waals surface area contributed by atoms with Gasteiger partial charge in [-0.15, -0.1) is 0 Å². The topological polar surface area (TPSA) is 91.8 Å². The SMILES string of the molecule is CCC(C)(C)NC(=O)c1cnc2c(c1)N(S(=O)(=O)N1CCc3ccccc3C1)CCO2. The van der Waals surface area contributed by atoms with Crippen molar-refractivity contribution in [3.8, 4) is 5.88 Å². The molecule has 0 spiro atoms. The second-order valence-electron chi connectivity index (χ2n) is 8.52. The van der Waals surface area contributed by atoms with Gasteiger partial charge in [-0.25, -0.2) is 9.29 Å². The zero-order valence-electron chi connectivity index (χ0n) is 18.1. The Hall–Kier alpha value is -2.65. The molecule has 3 heterocycles. The fourth-order valence-corrected chi connectivity index (χ4v) is 5.30. The second-order valence-corrected chi connectivity index (χ2v) is 10.4. The van der Waals surface area contributed by atoms with Crippen molar-refractivity contribution in [3.05, 3.63) is 53.2 Å². The molecule has 1 N–H and O–H groups in total. The predicted octanol–water partition coefficient (Wildman–Crippen LogP) is 2.50. The molecule has 0 saturated carbocycles. The summed E-state index contributed by atoms with van der Waals surface area (Å²) in [6, 6.07) is 9.45. The first-order valence-electron chi connectivity index (χ1n) is 10.5. The Kier molecular flexibility index (Phi) is 5.65. The van der Waals surface area contributed by atoms with E-state index >= 15 is 0 Å². The van der Waals surface area contributed by atoms with Gasteiger partial charge in [0, 0.05) is 24.8 Å². The number of carbonyl (C=O) groups is 1. The largest absolute Gasteiger partial charge is 0.474 e. The van der Waals surface area contributed by atoms with Crippen LogP contribution in [0.15, 0.2) is 36.5 Å². The van der Waals surface area contributed by atoms with E-state index in [1.54, 1.807) is 6.07 Å². The molecule has 0 aliphatic carbocycles. The minimum atomic E-state index is -3.81. The van der Waals surface area contributed by atoms with Gasteiger partial charge in [0.15, 0.2) is 0 Å². The maximum atomic E-state index is 13.5. The molecule has 2 aliphatic heterocycles. The first-order chi connectivity index (χ1) is 14.7. The zero-order valence-corrected chi connectivity index (χ0v) is 18.9. The van der Waals surface area contributed by atoms with E-state index in [4.69, 9.17) is 4.74 Å². The Morgan fingerprint density at radius 3 is 2.71 bits per heavy atom. The lowest BCUT2D eigenvalue weighted by Crippen LogP contribution is -2.49. The number of anilines is 1. The summed E-state index contributed by atoms with van der Waals surface area (Å²) in [5, 5.41) is 2.96. The summed E-state index contributed by atoms with van der Waals surface area (Å²) >= 11 is 0. The maximum Gasteiger partial charge on any atom is 0.304 e. The Labute approximate surface area is 183 Å². The molecule has 4 rings (SSSR count). The van der Waals surface area contributed by atoms with Crippen molar-refractivity contribution in [2.45, 2.75) is 45.7 Å². The van der Waals surface area contributed by atoms with Gasteiger partial charge in [0.2, 0.25) is 5.88 Å². The Morgan fingerprint density at radius 1 is 1.23 bits per heavy atom. The molecule has 0 fully saturated rings. The standard InChI is InChI=1S/C22H28N4O4S/c1-4-22(2,3)24-20(27)18-13-19-21(23-14-18)30-12-11-26(19)31(28,29)25-10-9-16-7-5-6-8-17(16)15-25/h5-8,13-14H,4,9-12,15H2,1-3H3,(H,24,27). The summed E-state index contributed by atoms with van der Waals surface area (Å²) in [5.74, 6) is -0.0736. The summed E-state index contributed by atoms with van der Waals surface area (Å²) in [4.78, 5) is 17.0. The summed E-state index contributed by atoms with van der Waals surface area (Å²) in [6.45, 7) is 6.96. The molecule has 0 bridgehead atoms. The third-order valence-corrected chi connectivity index (χ3v) is 7.83. The molecule has 166 valence electrons. The molecular formula is C22H28N4O4S. The van der Waals surface area contributed by atoms with Crippen molar-refractivity contribution in [2.75, 3.05) is 24.0 Å². The monoisotopic (exact) mass is 444 g/mol. The third-order valence-electron chi connectivity index (χ3n) is 5.93. The summed E-state index contributed by atoms with van der Waals surface area (Å²) in [5.41, 5.74) is 2.41. The highest BCUT2D eigenvalue weighted by molar-refractivity contribution is 7.90. The fraction of sp³-hybridized carbons (Fsp3) is 0.455. The molecule has 0 unspecified atom stereocenters. The van der Waals surface area contributed by atoms with Gasteiger partial charge in [0.05, 0.1) is 12.1 Å². The number of hydrogen-bond acceptors (Lipinski definition) is 5. The van der Waals surface area contributed by atoms with Crippen LogP contribution in [0.25, 0.3) is 0 Å². The maximum absolute atomic E-state index is 13.5. The average Bonchev–Trinajstić information content (AvgIpc) is 2.77. The third kappa shape index (κ3) is 4.24. The van der Waals surface area contributed by atoms with Gasteiger partial charge >= 0.3 is 10.2 Å². The van der Waals surface area contributed by atoms with Crippen LogP contribution in [0.3, 0.4) is 0 Å². The van der Waals surface area contributed by atoms with Crippen LogP contribution in [-0.4, -0.2) is 48.8 Å². The van der Waals surface area contributed by atoms with Crippen molar-refractivity contribution >= 4 is 21.8 Å². The van der Waals surface area contributed by atoms with Gasteiger partial charge in [-0.3, -0.25) is 4.79 Å². The molecule has 1 aromatic heterocycles. The number of amides is 1. The van der Waals surface area contributed by atoms with E-state index in [0.717, 1.165) is 12.0 Å². The number of fused-ring (bicyclic) bond motifs is 2. The first-order valence-corrected chi connectivity index (χ1v) is 11.9. The van der Waals surface area contributed by atoms with E-state index in [2.05, 4.69) is 10.3 Å². The van der Waals surface area contributed by atoms with Gasteiger partial charge in [-0.05, 0) is 43.9 Å². The number of carbonyl (C=O) groups excluding carboxylic acids is 1. The van der Waals surface area contributed by atoms with Gasteiger partial charge in [0.25, 0.3) is 5.91 Å². The molecule has 0 saturated heterocycles. The zero-order chi connectivity index (χ0) is 22.2. The van der Waals surface area contributed by atoms with E-state index in [1.165, 1.54) is 20.4 Å². The Bertz CT molecular complexity index is 1100. The average molecular weight is 445 g/mol. The lowest BCUT2D eigenvalue weighted by molar-refractivity contribution is 0.0910. The fourth-order valence-electron chi connectivity index (χ4n) is 3.71. The van der Waals surface area contributed by atoms with E-state index in [1.807, 2.05) is 45.0 Å². The van der Waals surface area contributed by atoms with Crippen LogP contribution in [0.4, 0.5) is 5.69 Å². The molecule has 31 heavy (non-hydrogen) atoms. The smallest absolute Gasteiger partial charge is 0.304 e. The van der Waals surface area contributed by atoms with Crippen LogP contribution in [0, 0.1) is 0 Å². The number of aromatic nitrogens is 1. The molecule has 2 aliphatic rings. The van der Waals surface area contributed by atoms with Gasteiger partial charge < -0.3 is 10.1 Å². The van der Waals surface area contributed by atoms with Crippen LogP contribution in [-0.2, 0) is 23.2 Å². The Morgan fingerprint density at radius 2 is 1.97 bits per heavy atom. The molecule has 0 radical (unpaired) electrons. The molecule has 1 aromatic carbocycles. The van der Waals surface area contributed by atoms with Crippen LogP contribution in [0.1, 0.15) is 48.7 Å². The van der Waals surface area contributed by atoms with Gasteiger partial charge in [-0.2, -0.15) is 12.7 Å². The quantitative estimate of drug-likeness (QED) is 0.765. The summed E-state index contributed by atoms with van der Waals surface area (Å²) in [6.07, 6.45) is 2.85. The number of hydrogen-bond donors (Lipinski definition) is 1. The highest BCUT2D eigenvalue weighted by Crippen LogP contribution is 2.34. The van der Waals surface area contributed by atoms with Crippen molar-refractivity contribution in [3.63, 3.8) is 0 Å².